The minimum atomic E-state index is -0.526. The molecule has 2 N–H and O–H groups in total. The van der Waals surface area contributed by atoms with Crippen molar-refractivity contribution in [2.45, 2.75) is 6.42 Å². The summed E-state index contributed by atoms with van der Waals surface area (Å²) in [5, 5.41) is 8.42. The molecule has 1 aromatic heterocycles. The van der Waals surface area contributed by atoms with E-state index < -0.39 is 5.91 Å². The summed E-state index contributed by atoms with van der Waals surface area (Å²) in [6, 6.07) is 4.97. The van der Waals surface area contributed by atoms with E-state index in [1.54, 1.807) is 0 Å². The highest BCUT2D eigenvalue weighted by Gasteiger charge is 2.04. The molecule has 1 rings (SSSR count). The quantitative estimate of drug-likeness (QED) is 0.783. The highest BCUT2D eigenvalue weighted by atomic mass is 79.9. The average Bonchev–Trinajstić information content (AvgIpc) is 2.03. The summed E-state index contributed by atoms with van der Waals surface area (Å²) >= 11 is 3.12. The molecule has 0 aliphatic carbocycles. The molecule has 0 spiro atoms. The number of amides is 1. The molecule has 13 heavy (non-hydrogen) atoms. The van der Waals surface area contributed by atoms with E-state index >= 15 is 0 Å². The van der Waals surface area contributed by atoms with Crippen molar-refractivity contribution >= 4 is 21.8 Å². The number of hydrogen-bond donors (Lipinski definition) is 1. The minimum absolute atomic E-state index is 0.166. The number of nitrogens with zero attached hydrogens (tertiary/aromatic N) is 2. The van der Waals surface area contributed by atoms with Crippen LogP contribution in [-0.2, 0) is 6.42 Å². The third kappa shape index (κ3) is 2.53. The normalized spacial score (nSPS) is 9.23. The number of carbonyl (C=O) groups excluding carboxylic acids is 1. The van der Waals surface area contributed by atoms with Crippen LogP contribution in [0.1, 0.15) is 16.1 Å². The Hall–Kier alpha value is -1.41. The Bertz CT molecular complexity index is 383. The predicted octanol–water partition coefficient (Wildman–Crippen LogP) is 1.01. The Morgan fingerprint density at radius 1 is 1.69 bits per heavy atom. The van der Waals surface area contributed by atoms with Gasteiger partial charge in [-0.3, -0.25) is 4.79 Å². The molecule has 0 unspecified atom stereocenters. The van der Waals surface area contributed by atoms with Gasteiger partial charge in [0.2, 0.25) is 5.91 Å². The number of carbonyl (C=O) groups is 1. The lowest BCUT2D eigenvalue weighted by molar-refractivity contribution is 0.1000. The molecule has 1 aromatic rings. The van der Waals surface area contributed by atoms with Gasteiger partial charge in [-0.15, -0.1) is 0 Å². The first-order valence-corrected chi connectivity index (χ1v) is 4.26. The molecule has 0 aliphatic heterocycles. The van der Waals surface area contributed by atoms with Crippen LogP contribution in [0.15, 0.2) is 16.7 Å². The fourth-order valence-corrected chi connectivity index (χ4v) is 1.34. The molecule has 4 nitrogen and oxygen atoms in total. The zero-order chi connectivity index (χ0) is 9.84. The standard InChI is InChI=1S/C8H6BrN3O/c9-7-4-5(8(11)13)3-6(12-7)1-2-10/h3-4H,1H2,(H2,11,13). The maximum absolute atomic E-state index is 10.8. The highest BCUT2D eigenvalue weighted by Crippen LogP contribution is 2.11. The van der Waals surface area contributed by atoms with Crippen molar-refractivity contribution in [3.05, 3.63) is 28.0 Å². The predicted molar refractivity (Wildman–Crippen MR) is 49.8 cm³/mol. The topological polar surface area (TPSA) is 79.8 Å². The molecule has 0 aromatic carbocycles. The van der Waals surface area contributed by atoms with Gasteiger partial charge in [0.15, 0.2) is 0 Å². The Balaban J connectivity index is 3.12. The van der Waals surface area contributed by atoms with Crippen molar-refractivity contribution in [1.82, 2.24) is 4.98 Å². The minimum Gasteiger partial charge on any atom is -0.366 e. The van der Waals surface area contributed by atoms with Crippen molar-refractivity contribution < 1.29 is 4.79 Å². The van der Waals surface area contributed by atoms with Crippen molar-refractivity contribution in [1.29, 1.82) is 5.26 Å². The van der Waals surface area contributed by atoms with E-state index in [9.17, 15) is 4.79 Å². The average molecular weight is 240 g/mol. The van der Waals surface area contributed by atoms with Crippen molar-refractivity contribution in [3.63, 3.8) is 0 Å². The van der Waals surface area contributed by atoms with E-state index in [2.05, 4.69) is 20.9 Å². The summed E-state index contributed by atoms with van der Waals surface area (Å²) in [7, 11) is 0. The molecule has 0 saturated heterocycles. The Morgan fingerprint density at radius 2 is 2.38 bits per heavy atom. The summed E-state index contributed by atoms with van der Waals surface area (Å²) < 4.78 is 0.508. The zero-order valence-corrected chi connectivity index (χ0v) is 8.21. The summed E-state index contributed by atoms with van der Waals surface area (Å²) in [5.41, 5.74) is 5.96. The number of aromatic nitrogens is 1. The van der Waals surface area contributed by atoms with Crippen molar-refractivity contribution in [2.24, 2.45) is 5.73 Å². The van der Waals surface area contributed by atoms with Crippen LogP contribution in [0.5, 0.6) is 0 Å². The van der Waals surface area contributed by atoms with Gasteiger partial charge >= 0.3 is 0 Å². The van der Waals surface area contributed by atoms with Crippen molar-refractivity contribution in [3.8, 4) is 6.07 Å². The molecule has 0 radical (unpaired) electrons. The van der Waals surface area contributed by atoms with E-state index in [1.807, 2.05) is 6.07 Å². The smallest absolute Gasteiger partial charge is 0.248 e. The van der Waals surface area contributed by atoms with Crippen LogP contribution >= 0.6 is 15.9 Å². The van der Waals surface area contributed by atoms with Crippen LogP contribution in [0.2, 0.25) is 0 Å². The lowest BCUT2D eigenvalue weighted by Crippen LogP contribution is -2.11. The summed E-state index contributed by atoms with van der Waals surface area (Å²) in [6.45, 7) is 0. The maximum Gasteiger partial charge on any atom is 0.248 e. The summed E-state index contributed by atoms with van der Waals surface area (Å²) in [6.07, 6.45) is 0.166. The Kier molecular flexibility index (Phi) is 2.98. The lowest BCUT2D eigenvalue weighted by atomic mass is 10.2. The molecular weight excluding hydrogens is 234 g/mol. The number of nitrogens with two attached hydrogens (primary N) is 1. The van der Waals surface area contributed by atoms with Crippen LogP contribution in [0.4, 0.5) is 0 Å². The highest BCUT2D eigenvalue weighted by molar-refractivity contribution is 9.10. The van der Waals surface area contributed by atoms with E-state index in [1.165, 1.54) is 12.1 Å². The number of rotatable bonds is 2. The van der Waals surface area contributed by atoms with Gasteiger partial charge in [-0.25, -0.2) is 4.98 Å². The van der Waals surface area contributed by atoms with Gasteiger partial charge in [0.1, 0.15) is 4.60 Å². The molecule has 0 bridgehead atoms. The molecular formula is C8H6BrN3O. The van der Waals surface area contributed by atoms with Crippen LogP contribution in [0, 0.1) is 11.3 Å². The van der Waals surface area contributed by atoms with E-state index in [0.29, 0.717) is 15.9 Å². The van der Waals surface area contributed by atoms with Crippen LogP contribution in [-0.4, -0.2) is 10.9 Å². The second-order valence-electron chi connectivity index (χ2n) is 2.37. The molecule has 1 amide bonds. The fraction of sp³-hybridized carbons (Fsp3) is 0.125. The van der Waals surface area contributed by atoms with Crippen LogP contribution in [0.25, 0.3) is 0 Å². The number of hydrogen-bond acceptors (Lipinski definition) is 3. The first-order valence-electron chi connectivity index (χ1n) is 3.46. The SMILES string of the molecule is N#CCc1cc(C(N)=O)cc(Br)n1. The summed E-state index contributed by atoms with van der Waals surface area (Å²) in [4.78, 5) is 14.8. The Morgan fingerprint density at radius 3 is 2.92 bits per heavy atom. The van der Waals surface area contributed by atoms with Gasteiger partial charge in [-0.05, 0) is 28.1 Å². The third-order valence-corrected chi connectivity index (χ3v) is 1.80. The second-order valence-corrected chi connectivity index (χ2v) is 3.18. The van der Waals surface area contributed by atoms with Gasteiger partial charge in [-0.1, -0.05) is 0 Å². The van der Waals surface area contributed by atoms with E-state index in [4.69, 9.17) is 11.0 Å². The first kappa shape index (κ1) is 9.68. The third-order valence-electron chi connectivity index (χ3n) is 1.39. The van der Waals surface area contributed by atoms with Gasteiger partial charge in [0, 0.05) is 5.56 Å². The molecule has 0 saturated carbocycles. The molecule has 1 heterocycles. The first-order chi connectivity index (χ1) is 6.13. The summed E-state index contributed by atoms with van der Waals surface area (Å²) in [5.74, 6) is -0.526. The van der Waals surface area contributed by atoms with E-state index in [-0.39, 0.29) is 6.42 Å². The lowest BCUT2D eigenvalue weighted by Gasteiger charge is -1.99. The molecule has 0 fully saturated rings. The molecule has 0 atom stereocenters. The Labute approximate surface area is 83.5 Å². The maximum atomic E-state index is 10.8. The fourth-order valence-electron chi connectivity index (χ4n) is 0.865. The van der Waals surface area contributed by atoms with Crippen molar-refractivity contribution in [2.75, 3.05) is 0 Å². The van der Waals surface area contributed by atoms with Crippen LogP contribution in [0.3, 0.4) is 0 Å². The number of nitriles is 1. The zero-order valence-electron chi connectivity index (χ0n) is 6.62. The number of primary amides is 1. The number of pyridine rings is 1. The number of halogens is 1. The molecule has 5 heteroatoms. The van der Waals surface area contributed by atoms with Gasteiger partial charge in [0.25, 0.3) is 0 Å². The van der Waals surface area contributed by atoms with Gasteiger partial charge in [0.05, 0.1) is 18.2 Å². The van der Waals surface area contributed by atoms with Gasteiger partial charge < -0.3 is 5.73 Å². The van der Waals surface area contributed by atoms with Gasteiger partial charge in [-0.2, -0.15) is 5.26 Å². The monoisotopic (exact) mass is 239 g/mol. The largest absolute Gasteiger partial charge is 0.366 e. The van der Waals surface area contributed by atoms with E-state index in [0.717, 1.165) is 0 Å². The molecule has 66 valence electrons. The van der Waals surface area contributed by atoms with Crippen LogP contribution < -0.4 is 5.73 Å². The second kappa shape index (κ2) is 4.01. The molecule has 0 aliphatic rings.